The van der Waals surface area contributed by atoms with Gasteiger partial charge in [0, 0.05) is 16.0 Å². The van der Waals surface area contributed by atoms with E-state index in [1.807, 2.05) is 30.3 Å². The minimum atomic E-state index is 0.511. The molecule has 4 aromatic rings. The van der Waals surface area contributed by atoms with Gasteiger partial charge in [-0.1, -0.05) is 41.9 Å². The zero-order valence-corrected chi connectivity index (χ0v) is 12.1. The molecule has 1 N–H and O–H groups in total. The van der Waals surface area contributed by atoms with Crippen molar-refractivity contribution < 1.29 is 0 Å². The van der Waals surface area contributed by atoms with E-state index >= 15 is 0 Å². The number of aromatic amines is 1. The Bertz CT molecular complexity index is 1050. The third-order valence-electron chi connectivity index (χ3n) is 3.55. The predicted molar refractivity (Wildman–Crippen MR) is 86.6 cm³/mol. The smallest absolute Gasteiger partial charge is 0.180 e. The molecule has 4 rings (SSSR count). The Balaban J connectivity index is 2.08. The van der Waals surface area contributed by atoms with Crippen molar-refractivity contribution >= 4 is 33.7 Å². The van der Waals surface area contributed by atoms with E-state index in [4.69, 9.17) is 11.6 Å². The van der Waals surface area contributed by atoms with Crippen LogP contribution in [-0.4, -0.2) is 15.0 Å². The number of hydrogen-bond donors (Lipinski definition) is 1. The van der Waals surface area contributed by atoms with Gasteiger partial charge in [-0.25, -0.2) is 9.97 Å². The molecule has 0 aliphatic carbocycles. The molecule has 0 saturated heterocycles. The molecule has 0 bridgehead atoms. The van der Waals surface area contributed by atoms with Crippen LogP contribution in [-0.2, 0) is 0 Å². The summed E-state index contributed by atoms with van der Waals surface area (Å²) in [5, 5.41) is 10.8. The number of rotatable bonds is 1. The molecule has 2 aromatic heterocycles. The number of pyridine rings is 1. The molecular formula is C17H9ClN4. The molecule has 0 aliphatic rings. The molecule has 0 spiro atoms. The van der Waals surface area contributed by atoms with Gasteiger partial charge in [-0.2, -0.15) is 5.26 Å². The normalized spacial score (nSPS) is 10.9. The van der Waals surface area contributed by atoms with Gasteiger partial charge in [-0.3, -0.25) is 0 Å². The Morgan fingerprint density at radius 2 is 1.86 bits per heavy atom. The second-order valence-electron chi connectivity index (χ2n) is 4.91. The van der Waals surface area contributed by atoms with E-state index in [-0.39, 0.29) is 0 Å². The van der Waals surface area contributed by atoms with Gasteiger partial charge in [0.1, 0.15) is 17.4 Å². The molecule has 22 heavy (non-hydrogen) atoms. The number of H-pyrrole nitrogens is 1. The summed E-state index contributed by atoms with van der Waals surface area (Å²) < 4.78 is 0. The second kappa shape index (κ2) is 4.83. The van der Waals surface area contributed by atoms with Gasteiger partial charge in [0.15, 0.2) is 5.65 Å². The average Bonchev–Trinajstić information content (AvgIpc) is 2.97. The van der Waals surface area contributed by atoms with Crippen molar-refractivity contribution in [2.24, 2.45) is 0 Å². The monoisotopic (exact) mass is 304 g/mol. The van der Waals surface area contributed by atoms with Crippen LogP contribution >= 0.6 is 11.6 Å². The van der Waals surface area contributed by atoms with E-state index in [9.17, 15) is 5.26 Å². The fraction of sp³-hybridized carbons (Fsp3) is 0. The summed E-state index contributed by atoms with van der Waals surface area (Å²) in [6.07, 6.45) is 0. The zero-order valence-electron chi connectivity index (χ0n) is 11.3. The van der Waals surface area contributed by atoms with Gasteiger partial charge in [0.05, 0.1) is 11.1 Å². The summed E-state index contributed by atoms with van der Waals surface area (Å²) in [5.74, 6) is 0.695. The number of fused-ring (bicyclic) bond motifs is 2. The minimum absolute atomic E-state index is 0.511. The highest BCUT2D eigenvalue weighted by atomic mass is 35.5. The second-order valence-corrected chi connectivity index (χ2v) is 5.35. The summed E-state index contributed by atoms with van der Waals surface area (Å²) in [6.45, 7) is 0. The largest absolute Gasteiger partial charge is 0.335 e. The fourth-order valence-electron chi connectivity index (χ4n) is 2.52. The maximum atomic E-state index is 9.54. The fourth-order valence-corrected chi connectivity index (χ4v) is 2.69. The highest BCUT2D eigenvalue weighted by Crippen LogP contribution is 2.28. The lowest BCUT2D eigenvalue weighted by Crippen LogP contribution is -1.87. The van der Waals surface area contributed by atoms with Gasteiger partial charge >= 0.3 is 0 Å². The van der Waals surface area contributed by atoms with Crippen molar-refractivity contribution in [2.75, 3.05) is 0 Å². The summed E-state index contributed by atoms with van der Waals surface area (Å²) in [4.78, 5) is 12.2. The van der Waals surface area contributed by atoms with Crippen LogP contribution in [0.15, 0.2) is 48.5 Å². The quantitative estimate of drug-likeness (QED) is 0.570. The number of aromatic nitrogens is 3. The van der Waals surface area contributed by atoms with Gasteiger partial charge in [0.2, 0.25) is 0 Å². The SMILES string of the molecule is N#Cc1c2cc(Cl)ccc2nc2nc(-c3ccccc3)[nH]c12. The van der Waals surface area contributed by atoms with Crippen LogP contribution in [0.1, 0.15) is 5.56 Å². The topological polar surface area (TPSA) is 65.4 Å². The lowest BCUT2D eigenvalue weighted by molar-refractivity contribution is 1.32. The molecule has 0 fully saturated rings. The van der Waals surface area contributed by atoms with Crippen LogP contribution in [0.25, 0.3) is 33.5 Å². The molecule has 5 heteroatoms. The van der Waals surface area contributed by atoms with Crippen LogP contribution in [0.3, 0.4) is 0 Å². The van der Waals surface area contributed by atoms with Crippen molar-refractivity contribution in [1.29, 1.82) is 5.26 Å². The zero-order chi connectivity index (χ0) is 15.1. The van der Waals surface area contributed by atoms with Gasteiger partial charge in [-0.05, 0) is 18.2 Å². The third-order valence-corrected chi connectivity index (χ3v) is 3.78. The first kappa shape index (κ1) is 12.8. The highest BCUT2D eigenvalue weighted by Gasteiger charge is 2.14. The van der Waals surface area contributed by atoms with Crippen molar-refractivity contribution in [3.05, 3.63) is 59.1 Å². The first-order chi connectivity index (χ1) is 10.8. The summed E-state index contributed by atoms with van der Waals surface area (Å²) in [6, 6.07) is 17.3. The lowest BCUT2D eigenvalue weighted by Gasteiger charge is -2.01. The highest BCUT2D eigenvalue weighted by molar-refractivity contribution is 6.31. The molecule has 0 saturated carbocycles. The van der Waals surface area contributed by atoms with E-state index in [1.54, 1.807) is 18.2 Å². The van der Waals surface area contributed by atoms with E-state index in [1.165, 1.54) is 0 Å². The van der Waals surface area contributed by atoms with Gasteiger partial charge in [0.25, 0.3) is 0 Å². The van der Waals surface area contributed by atoms with Gasteiger partial charge < -0.3 is 4.98 Å². The minimum Gasteiger partial charge on any atom is -0.335 e. The maximum absolute atomic E-state index is 9.54. The number of halogens is 1. The Morgan fingerprint density at radius 3 is 2.64 bits per heavy atom. The number of benzene rings is 2. The van der Waals surface area contributed by atoms with Crippen molar-refractivity contribution in [1.82, 2.24) is 15.0 Å². The molecule has 2 aromatic carbocycles. The van der Waals surface area contributed by atoms with Crippen LogP contribution in [0.2, 0.25) is 5.02 Å². The van der Waals surface area contributed by atoms with Gasteiger partial charge in [-0.15, -0.1) is 0 Å². The van der Waals surface area contributed by atoms with Crippen LogP contribution in [0.5, 0.6) is 0 Å². The molecule has 0 aliphatic heterocycles. The Labute approximate surface area is 131 Å². The van der Waals surface area contributed by atoms with E-state index in [0.29, 0.717) is 33.1 Å². The van der Waals surface area contributed by atoms with Crippen LogP contribution in [0.4, 0.5) is 0 Å². The molecular weight excluding hydrogens is 296 g/mol. The Morgan fingerprint density at radius 1 is 1.05 bits per heavy atom. The van der Waals surface area contributed by atoms with E-state index in [2.05, 4.69) is 21.0 Å². The predicted octanol–water partition coefficient (Wildman–Crippen LogP) is 4.30. The number of nitrogens with zero attached hydrogens (tertiary/aromatic N) is 3. The maximum Gasteiger partial charge on any atom is 0.180 e. The molecule has 0 radical (unpaired) electrons. The molecule has 2 heterocycles. The number of imidazole rings is 1. The molecule has 0 amide bonds. The number of nitrogens with one attached hydrogen (secondary N) is 1. The molecule has 104 valence electrons. The first-order valence-corrected chi connectivity index (χ1v) is 7.08. The molecule has 4 nitrogen and oxygen atoms in total. The summed E-state index contributed by atoms with van der Waals surface area (Å²) in [5.41, 5.74) is 3.34. The standard InChI is InChI=1S/C17H9ClN4/c18-11-6-7-14-12(8-11)13(9-19)15-17(20-14)22-16(21-15)10-4-2-1-3-5-10/h1-8H,(H,20,21,22). The third kappa shape index (κ3) is 1.92. The van der Waals surface area contributed by atoms with Crippen LogP contribution in [0, 0.1) is 11.3 Å². The van der Waals surface area contributed by atoms with E-state index in [0.717, 1.165) is 10.9 Å². The number of nitriles is 1. The summed E-state index contributed by atoms with van der Waals surface area (Å²) >= 11 is 6.04. The van der Waals surface area contributed by atoms with E-state index < -0.39 is 0 Å². The Hall–Kier alpha value is -2.90. The average molecular weight is 305 g/mol. The van der Waals surface area contributed by atoms with Crippen molar-refractivity contribution in [2.45, 2.75) is 0 Å². The first-order valence-electron chi connectivity index (χ1n) is 6.71. The van der Waals surface area contributed by atoms with Crippen LogP contribution < -0.4 is 0 Å². The van der Waals surface area contributed by atoms with Crippen molar-refractivity contribution in [3.63, 3.8) is 0 Å². The summed E-state index contributed by atoms with van der Waals surface area (Å²) in [7, 11) is 0. The lowest BCUT2D eigenvalue weighted by atomic mass is 10.1. The molecule has 0 unspecified atom stereocenters. The number of hydrogen-bond acceptors (Lipinski definition) is 3. The van der Waals surface area contributed by atoms with Crippen molar-refractivity contribution in [3.8, 4) is 17.5 Å². The molecule has 0 atom stereocenters. The Kier molecular flexibility index (Phi) is 2.81.